The zero-order valence-corrected chi connectivity index (χ0v) is 15.0. The molecule has 0 saturated heterocycles. The molecule has 0 N–H and O–H groups in total. The molecule has 0 aliphatic carbocycles. The molecule has 26 heavy (non-hydrogen) atoms. The van der Waals surface area contributed by atoms with E-state index in [0.29, 0.717) is 22.1 Å². The number of hydrogen-bond acceptors (Lipinski definition) is 8. The van der Waals surface area contributed by atoms with Crippen molar-refractivity contribution in [3.05, 3.63) is 53.6 Å². The number of benzene rings is 1. The quantitative estimate of drug-likeness (QED) is 0.481. The van der Waals surface area contributed by atoms with Gasteiger partial charge in [0, 0.05) is 0 Å². The first kappa shape index (κ1) is 17.9. The second-order valence-corrected chi connectivity index (χ2v) is 6.32. The maximum Gasteiger partial charge on any atom is 0.341 e. The number of furan rings is 1. The number of aromatic nitrogens is 2. The van der Waals surface area contributed by atoms with Crippen molar-refractivity contribution in [2.24, 2.45) is 0 Å². The Kier molecular flexibility index (Phi) is 5.52. The predicted octanol–water partition coefficient (Wildman–Crippen LogP) is 3.15. The summed E-state index contributed by atoms with van der Waals surface area (Å²) in [6.45, 7) is 1.59. The van der Waals surface area contributed by atoms with E-state index < -0.39 is 11.9 Å². The van der Waals surface area contributed by atoms with Crippen molar-refractivity contribution in [1.29, 1.82) is 0 Å². The van der Waals surface area contributed by atoms with Gasteiger partial charge in [-0.25, -0.2) is 9.78 Å². The summed E-state index contributed by atoms with van der Waals surface area (Å²) in [5.74, 6) is -0.0142. The number of esters is 2. The highest BCUT2D eigenvalue weighted by Crippen LogP contribution is 2.19. The fourth-order valence-corrected chi connectivity index (χ4v) is 2.90. The van der Waals surface area contributed by atoms with E-state index in [4.69, 9.17) is 9.15 Å². The minimum Gasteiger partial charge on any atom is -0.465 e. The van der Waals surface area contributed by atoms with Gasteiger partial charge in [-0.3, -0.25) is 9.78 Å². The van der Waals surface area contributed by atoms with Crippen LogP contribution in [0.1, 0.15) is 21.9 Å². The molecule has 0 saturated carbocycles. The lowest BCUT2D eigenvalue weighted by Crippen LogP contribution is -2.07. The van der Waals surface area contributed by atoms with Gasteiger partial charge in [-0.1, -0.05) is 23.9 Å². The summed E-state index contributed by atoms with van der Waals surface area (Å²) >= 11 is 1.24. The first-order valence-electron chi connectivity index (χ1n) is 7.74. The highest BCUT2D eigenvalue weighted by molar-refractivity contribution is 7.99. The number of methoxy groups -OCH3 is 1. The molecule has 0 amide bonds. The fourth-order valence-electron chi connectivity index (χ4n) is 2.26. The maximum absolute atomic E-state index is 11.9. The second-order valence-electron chi connectivity index (χ2n) is 5.32. The highest BCUT2D eigenvalue weighted by atomic mass is 32.2. The largest absolute Gasteiger partial charge is 0.465 e. The molecule has 0 bridgehead atoms. The molecule has 0 fully saturated rings. The molecule has 8 heteroatoms. The standard InChI is InChI=1S/C18H16N2O5S/c1-11-13(18(22)23-2)7-12(25-11)9-24-17(21)10-26-16-8-19-14-5-3-4-6-15(14)20-16/h3-8H,9-10H2,1-2H3. The Bertz CT molecular complexity index is 954. The van der Waals surface area contributed by atoms with Crippen LogP contribution in [-0.4, -0.2) is 34.8 Å². The molecule has 0 spiro atoms. The third-order valence-corrected chi connectivity index (χ3v) is 4.39. The average Bonchev–Trinajstić information content (AvgIpc) is 3.04. The number of thioether (sulfide) groups is 1. The van der Waals surface area contributed by atoms with E-state index in [2.05, 4.69) is 14.7 Å². The Morgan fingerprint density at radius 3 is 2.77 bits per heavy atom. The number of nitrogens with zero attached hydrogens (tertiary/aromatic N) is 2. The normalized spacial score (nSPS) is 10.7. The van der Waals surface area contributed by atoms with Gasteiger partial charge in [0.1, 0.15) is 28.7 Å². The molecule has 2 heterocycles. The van der Waals surface area contributed by atoms with E-state index in [1.54, 1.807) is 13.1 Å². The van der Waals surface area contributed by atoms with Crippen LogP contribution in [0, 0.1) is 6.92 Å². The zero-order chi connectivity index (χ0) is 18.5. The summed E-state index contributed by atoms with van der Waals surface area (Å²) in [6.07, 6.45) is 1.62. The topological polar surface area (TPSA) is 91.5 Å². The zero-order valence-electron chi connectivity index (χ0n) is 14.2. The van der Waals surface area contributed by atoms with Crippen molar-refractivity contribution in [3.8, 4) is 0 Å². The molecule has 1 aromatic carbocycles. The Balaban J connectivity index is 1.53. The Labute approximate surface area is 153 Å². The van der Waals surface area contributed by atoms with Crippen molar-refractivity contribution in [3.63, 3.8) is 0 Å². The summed E-state index contributed by atoms with van der Waals surface area (Å²) in [7, 11) is 1.29. The third-order valence-electron chi connectivity index (χ3n) is 3.51. The van der Waals surface area contributed by atoms with Gasteiger partial charge in [0.15, 0.2) is 0 Å². The van der Waals surface area contributed by atoms with Crippen LogP contribution in [0.5, 0.6) is 0 Å². The molecular weight excluding hydrogens is 356 g/mol. The number of carbonyl (C=O) groups excluding carboxylic acids is 2. The van der Waals surface area contributed by atoms with Crippen LogP contribution >= 0.6 is 11.8 Å². The maximum atomic E-state index is 11.9. The van der Waals surface area contributed by atoms with Crippen LogP contribution in [0.4, 0.5) is 0 Å². The molecule has 0 aliphatic rings. The van der Waals surface area contributed by atoms with Gasteiger partial charge < -0.3 is 13.9 Å². The monoisotopic (exact) mass is 372 g/mol. The van der Waals surface area contributed by atoms with E-state index in [-0.39, 0.29) is 12.4 Å². The van der Waals surface area contributed by atoms with E-state index in [9.17, 15) is 9.59 Å². The highest BCUT2D eigenvalue weighted by Gasteiger charge is 2.16. The number of rotatable bonds is 6. The van der Waals surface area contributed by atoms with Crippen LogP contribution in [-0.2, 0) is 20.9 Å². The van der Waals surface area contributed by atoms with Crippen LogP contribution in [0.3, 0.4) is 0 Å². The van der Waals surface area contributed by atoms with Crippen LogP contribution in [0.25, 0.3) is 11.0 Å². The molecule has 0 aliphatic heterocycles. The van der Waals surface area contributed by atoms with Gasteiger partial charge in [-0.15, -0.1) is 0 Å². The molecule has 2 aromatic heterocycles. The predicted molar refractivity (Wildman–Crippen MR) is 94.8 cm³/mol. The minimum absolute atomic E-state index is 0.0549. The van der Waals surface area contributed by atoms with Crippen LogP contribution in [0.15, 0.2) is 46.0 Å². The van der Waals surface area contributed by atoms with Gasteiger partial charge in [0.25, 0.3) is 0 Å². The Hall–Kier alpha value is -2.87. The third kappa shape index (κ3) is 4.20. The number of hydrogen-bond donors (Lipinski definition) is 0. The minimum atomic E-state index is -0.491. The SMILES string of the molecule is COC(=O)c1cc(COC(=O)CSc2cnc3ccccc3n2)oc1C. The molecule has 3 rings (SSSR count). The molecule has 0 unspecified atom stereocenters. The average molecular weight is 372 g/mol. The van der Waals surface area contributed by atoms with Crippen molar-refractivity contribution < 1.29 is 23.5 Å². The van der Waals surface area contributed by atoms with E-state index in [1.165, 1.54) is 24.9 Å². The lowest BCUT2D eigenvalue weighted by atomic mass is 10.2. The summed E-state index contributed by atoms with van der Waals surface area (Å²) in [6, 6.07) is 9.02. The van der Waals surface area contributed by atoms with Gasteiger partial charge in [-0.2, -0.15) is 0 Å². The number of fused-ring (bicyclic) bond motifs is 1. The lowest BCUT2D eigenvalue weighted by Gasteiger charge is -2.03. The second kappa shape index (κ2) is 8.01. The summed E-state index contributed by atoms with van der Waals surface area (Å²) in [4.78, 5) is 32.2. The van der Waals surface area contributed by atoms with E-state index in [1.807, 2.05) is 24.3 Å². The Morgan fingerprint density at radius 1 is 1.23 bits per heavy atom. The molecular formula is C18H16N2O5S. The summed E-state index contributed by atoms with van der Waals surface area (Å²) in [5, 5.41) is 0.641. The van der Waals surface area contributed by atoms with Crippen molar-refractivity contribution in [1.82, 2.24) is 9.97 Å². The number of aryl methyl sites for hydroxylation is 1. The molecule has 7 nitrogen and oxygen atoms in total. The van der Waals surface area contributed by atoms with Gasteiger partial charge in [0.05, 0.1) is 30.1 Å². The summed E-state index contributed by atoms with van der Waals surface area (Å²) in [5.41, 5.74) is 1.89. The Morgan fingerprint density at radius 2 is 2.00 bits per heavy atom. The van der Waals surface area contributed by atoms with E-state index >= 15 is 0 Å². The molecule has 3 aromatic rings. The lowest BCUT2D eigenvalue weighted by molar-refractivity contribution is -0.142. The van der Waals surface area contributed by atoms with Gasteiger partial charge in [0.2, 0.25) is 0 Å². The first-order valence-corrected chi connectivity index (χ1v) is 8.73. The van der Waals surface area contributed by atoms with E-state index in [0.717, 1.165) is 11.0 Å². The van der Waals surface area contributed by atoms with Crippen molar-refractivity contribution in [2.45, 2.75) is 18.6 Å². The number of ether oxygens (including phenoxy) is 2. The smallest absolute Gasteiger partial charge is 0.341 e. The molecule has 134 valence electrons. The van der Waals surface area contributed by atoms with Crippen LogP contribution < -0.4 is 0 Å². The summed E-state index contributed by atoms with van der Waals surface area (Å²) < 4.78 is 15.2. The first-order chi connectivity index (χ1) is 12.6. The van der Waals surface area contributed by atoms with Gasteiger partial charge in [-0.05, 0) is 25.1 Å². The number of carbonyl (C=O) groups is 2. The molecule has 0 radical (unpaired) electrons. The fraction of sp³-hybridized carbons (Fsp3) is 0.222. The number of para-hydroxylation sites is 2. The van der Waals surface area contributed by atoms with Crippen LogP contribution in [0.2, 0.25) is 0 Å². The van der Waals surface area contributed by atoms with Crippen molar-refractivity contribution in [2.75, 3.05) is 12.9 Å². The van der Waals surface area contributed by atoms with Gasteiger partial charge >= 0.3 is 11.9 Å². The van der Waals surface area contributed by atoms with Crippen molar-refractivity contribution >= 4 is 34.7 Å². The molecule has 0 atom stereocenters.